The van der Waals surface area contributed by atoms with E-state index in [0.29, 0.717) is 12.0 Å². The quantitative estimate of drug-likeness (QED) is 0.705. The largest absolute Gasteiger partial charge is 0.490 e. The highest BCUT2D eigenvalue weighted by molar-refractivity contribution is 5.94. The summed E-state index contributed by atoms with van der Waals surface area (Å²) < 4.78 is 31.7. The van der Waals surface area contributed by atoms with Gasteiger partial charge in [-0.3, -0.25) is 14.6 Å². The molecule has 0 radical (unpaired) electrons. The number of alkyl halides is 3. The van der Waals surface area contributed by atoms with Crippen molar-refractivity contribution in [2.45, 2.75) is 43.2 Å². The van der Waals surface area contributed by atoms with Gasteiger partial charge in [0.1, 0.15) is 0 Å². The van der Waals surface area contributed by atoms with Crippen LogP contribution in [-0.4, -0.2) is 59.1 Å². The van der Waals surface area contributed by atoms with Crippen LogP contribution >= 0.6 is 0 Å². The predicted molar refractivity (Wildman–Crippen MR) is 117 cm³/mol. The Hall–Kier alpha value is -3.43. The molecule has 182 valence electrons. The number of amides is 2. The van der Waals surface area contributed by atoms with Gasteiger partial charge in [0.2, 0.25) is 5.91 Å². The topological polar surface area (TPSA) is 99.6 Å². The number of hydrogen-bond acceptors (Lipinski definition) is 4. The Kier molecular flexibility index (Phi) is 7.58. The van der Waals surface area contributed by atoms with Crippen LogP contribution in [0.3, 0.4) is 0 Å². The molecule has 1 aromatic heterocycles. The lowest BCUT2D eigenvalue weighted by Gasteiger charge is -2.40. The Bertz CT molecular complexity index is 1040. The van der Waals surface area contributed by atoms with E-state index in [1.807, 2.05) is 4.90 Å². The average molecular weight is 477 g/mol. The van der Waals surface area contributed by atoms with E-state index in [-0.39, 0.29) is 23.1 Å². The number of nitrogens with one attached hydrogen (secondary N) is 1. The van der Waals surface area contributed by atoms with Crippen LogP contribution < -0.4 is 5.32 Å². The summed E-state index contributed by atoms with van der Waals surface area (Å²) in [5, 5.41) is 9.88. The van der Waals surface area contributed by atoms with Gasteiger partial charge in [-0.2, -0.15) is 13.2 Å². The number of halogens is 3. The fourth-order valence-electron chi connectivity index (χ4n) is 4.82. The maximum atomic E-state index is 12.7. The van der Waals surface area contributed by atoms with Crippen LogP contribution in [0.1, 0.15) is 53.1 Å². The number of carbonyl (C=O) groups is 3. The Morgan fingerprint density at radius 2 is 1.71 bits per heavy atom. The van der Waals surface area contributed by atoms with Crippen molar-refractivity contribution in [3.05, 3.63) is 65.5 Å². The molecule has 0 saturated carbocycles. The number of carbonyl (C=O) groups excluding carboxylic acids is 2. The van der Waals surface area contributed by atoms with Gasteiger partial charge in [-0.1, -0.05) is 24.3 Å². The molecule has 2 heterocycles. The molecule has 0 bridgehead atoms. The molecule has 4 rings (SSSR count). The summed E-state index contributed by atoms with van der Waals surface area (Å²) in [6.07, 6.45) is 1.67. The molecule has 1 spiro atoms. The summed E-state index contributed by atoms with van der Waals surface area (Å²) in [5.41, 5.74) is 3.49. The van der Waals surface area contributed by atoms with Crippen LogP contribution in [0.2, 0.25) is 0 Å². The van der Waals surface area contributed by atoms with Gasteiger partial charge < -0.3 is 15.3 Å². The van der Waals surface area contributed by atoms with Crippen LogP contribution in [0, 0.1) is 0 Å². The van der Waals surface area contributed by atoms with Crippen LogP contribution in [0.5, 0.6) is 0 Å². The fraction of sp³-hybridized carbons (Fsp3) is 0.417. The summed E-state index contributed by atoms with van der Waals surface area (Å²) in [6.45, 7) is 1.50. The number of rotatable bonds is 3. The standard InChI is InChI=1S/C22H25N3O2.C2HF3O2/c1-23-20(26)14-17-15-22(19-5-3-2-4-18(17)19)8-12-25(13-9-22)21(27)16-6-10-24-11-7-16;3-2(4,5)1(6)7/h2-7,10-11,17H,8-9,12-15H2,1H3,(H,23,26);(H,6,7). The summed E-state index contributed by atoms with van der Waals surface area (Å²) >= 11 is 0. The first-order chi connectivity index (χ1) is 16.1. The Morgan fingerprint density at radius 1 is 1.12 bits per heavy atom. The molecule has 1 aliphatic carbocycles. The number of aliphatic carboxylic acids is 1. The normalized spacial score (nSPS) is 18.5. The van der Waals surface area contributed by atoms with E-state index >= 15 is 0 Å². The lowest BCUT2D eigenvalue weighted by Crippen LogP contribution is -2.44. The first-order valence-electron chi connectivity index (χ1n) is 10.9. The van der Waals surface area contributed by atoms with Crippen LogP contribution in [0.15, 0.2) is 48.8 Å². The highest BCUT2D eigenvalue weighted by Crippen LogP contribution is 2.52. The number of likely N-dealkylation sites (tertiary alicyclic amines) is 1. The zero-order chi connectivity index (χ0) is 24.9. The number of benzene rings is 1. The predicted octanol–water partition coefficient (Wildman–Crippen LogP) is 3.51. The van der Waals surface area contributed by atoms with E-state index in [2.05, 4.69) is 34.6 Å². The van der Waals surface area contributed by atoms with Gasteiger partial charge >= 0.3 is 12.1 Å². The fourth-order valence-corrected chi connectivity index (χ4v) is 4.82. The van der Waals surface area contributed by atoms with Gasteiger partial charge in [0.25, 0.3) is 5.91 Å². The number of hydrogen-bond donors (Lipinski definition) is 2. The number of aromatic nitrogens is 1. The molecule has 2 aromatic rings. The third-order valence-electron chi connectivity index (χ3n) is 6.50. The van der Waals surface area contributed by atoms with Crippen LogP contribution in [0.4, 0.5) is 13.2 Å². The average Bonchev–Trinajstić information content (AvgIpc) is 3.12. The van der Waals surface area contributed by atoms with Crippen molar-refractivity contribution in [2.24, 2.45) is 0 Å². The van der Waals surface area contributed by atoms with Gasteiger partial charge in [0.05, 0.1) is 0 Å². The van der Waals surface area contributed by atoms with E-state index in [1.54, 1.807) is 31.6 Å². The van der Waals surface area contributed by atoms with E-state index < -0.39 is 12.1 Å². The van der Waals surface area contributed by atoms with Crippen molar-refractivity contribution < 1.29 is 32.7 Å². The molecule has 7 nitrogen and oxygen atoms in total. The minimum Gasteiger partial charge on any atom is -0.475 e. The second-order valence-corrected chi connectivity index (χ2v) is 8.48. The molecule has 1 aromatic carbocycles. The summed E-state index contributed by atoms with van der Waals surface area (Å²) in [7, 11) is 1.70. The molecule has 2 N–H and O–H groups in total. The SMILES string of the molecule is CNC(=O)CC1CC2(CCN(C(=O)c3ccncc3)CC2)c2ccccc21.O=C(O)C(F)(F)F. The monoisotopic (exact) mass is 477 g/mol. The highest BCUT2D eigenvalue weighted by Gasteiger charge is 2.46. The lowest BCUT2D eigenvalue weighted by molar-refractivity contribution is -0.192. The number of fused-ring (bicyclic) bond motifs is 2. The van der Waals surface area contributed by atoms with Crippen molar-refractivity contribution in [3.63, 3.8) is 0 Å². The Morgan fingerprint density at radius 3 is 2.26 bits per heavy atom. The van der Waals surface area contributed by atoms with Gasteiger partial charge in [-0.05, 0) is 53.9 Å². The molecular formula is C24H26F3N3O4. The van der Waals surface area contributed by atoms with Gasteiger partial charge in [0.15, 0.2) is 0 Å². The number of pyridine rings is 1. The molecule has 1 unspecified atom stereocenters. The van der Waals surface area contributed by atoms with Crippen molar-refractivity contribution >= 4 is 17.8 Å². The highest BCUT2D eigenvalue weighted by atomic mass is 19.4. The van der Waals surface area contributed by atoms with Crippen LogP contribution in [-0.2, 0) is 15.0 Å². The minimum absolute atomic E-state index is 0.0837. The Labute approximate surface area is 195 Å². The molecule has 1 aliphatic heterocycles. The zero-order valence-corrected chi connectivity index (χ0v) is 18.6. The smallest absolute Gasteiger partial charge is 0.475 e. The summed E-state index contributed by atoms with van der Waals surface area (Å²) in [6, 6.07) is 12.1. The van der Waals surface area contributed by atoms with Crippen molar-refractivity contribution in [2.75, 3.05) is 20.1 Å². The van der Waals surface area contributed by atoms with E-state index in [1.165, 1.54) is 11.1 Å². The first kappa shape index (κ1) is 25.2. The molecular weight excluding hydrogens is 451 g/mol. The molecule has 2 aliphatic rings. The van der Waals surface area contributed by atoms with E-state index in [4.69, 9.17) is 9.90 Å². The third kappa shape index (κ3) is 5.55. The maximum Gasteiger partial charge on any atom is 0.490 e. The maximum absolute atomic E-state index is 12.7. The summed E-state index contributed by atoms with van der Waals surface area (Å²) in [5.74, 6) is -2.31. The van der Waals surface area contributed by atoms with E-state index in [9.17, 15) is 22.8 Å². The molecule has 1 fully saturated rings. The second-order valence-electron chi connectivity index (χ2n) is 8.48. The van der Waals surface area contributed by atoms with Gasteiger partial charge in [0, 0.05) is 44.5 Å². The first-order valence-corrected chi connectivity index (χ1v) is 10.9. The third-order valence-corrected chi connectivity index (χ3v) is 6.50. The number of carboxylic acid groups (broad SMARTS) is 1. The lowest BCUT2D eigenvalue weighted by atomic mass is 9.73. The van der Waals surface area contributed by atoms with Crippen molar-refractivity contribution in [1.29, 1.82) is 0 Å². The van der Waals surface area contributed by atoms with Crippen molar-refractivity contribution in [3.8, 4) is 0 Å². The Balaban J connectivity index is 0.000000406. The molecule has 34 heavy (non-hydrogen) atoms. The van der Waals surface area contributed by atoms with Crippen LogP contribution in [0.25, 0.3) is 0 Å². The molecule has 1 atom stereocenters. The van der Waals surface area contributed by atoms with E-state index in [0.717, 1.165) is 32.4 Å². The molecule has 10 heteroatoms. The minimum atomic E-state index is -5.08. The molecule has 1 saturated heterocycles. The summed E-state index contributed by atoms with van der Waals surface area (Å²) in [4.78, 5) is 39.6. The number of piperidine rings is 1. The van der Waals surface area contributed by atoms with Gasteiger partial charge in [-0.25, -0.2) is 4.79 Å². The number of nitrogens with zero attached hydrogens (tertiary/aromatic N) is 2. The van der Waals surface area contributed by atoms with Crippen molar-refractivity contribution in [1.82, 2.24) is 15.2 Å². The van der Waals surface area contributed by atoms with Gasteiger partial charge in [-0.15, -0.1) is 0 Å². The molecule has 2 amide bonds. The number of carboxylic acids is 1. The second kappa shape index (κ2) is 10.2. The zero-order valence-electron chi connectivity index (χ0n) is 18.6.